The van der Waals surface area contributed by atoms with Crippen LogP contribution >= 0.6 is 0 Å². The van der Waals surface area contributed by atoms with E-state index in [-0.39, 0.29) is 6.42 Å². The molecule has 0 aromatic heterocycles. The molecule has 0 aliphatic rings. The molecule has 4 nitrogen and oxygen atoms in total. The maximum Gasteiger partial charge on any atom is 0.338 e. The maximum absolute atomic E-state index is 11.3. The van der Waals surface area contributed by atoms with Gasteiger partial charge in [-0.15, -0.1) is 12.3 Å². The first-order valence-corrected chi connectivity index (χ1v) is 4.80. The molecule has 4 heteroatoms. The molecule has 0 rings (SSSR count). The van der Waals surface area contributed by atoms with Crippen LogP contribution in [0.2, 0.25) is 0 Å². The van der Waals surface area contributed by atoms with Crippen molar-refractivity contribution in [3.05, 3.63) is 0 Å². The predicted molar refractivity (Wildman–Crippen MR) is 55.9 cm³/mol. The molecule has 0 amide bonds. The lowest BCUT2D eigenvalue weighted by Crippen LogP contribution is -2.39. The highest BCUT2D eigenvalue weighted by molar-refractivity contribution is 5.75. The molecule has 0 saturated heterocycles. The van der Waals surface area contributed by atoms with Gasteiger partial charge >= 0.3 is 5.97 Å². The fraction of sp³-hybridized carbons (Fsp3) is 0.727. The van der Waals surface area contributed by atoms with E-state index in [1.807, 2.05) is 0 Å². The lowest BCUT2D eigenvalue weighted by molar-refractivity contribution is -0.171. The van der Waals surface area contributed by atoms with Gasteiger partial charge < -0.3 is 14.9 Å². The molecule has 86 valence electrons. The van der Waals surface area contributed by atoms with Crippen LogP contribution < -0.4 is 0 Å². The van der Waals surface area contributed by atoms with Gasteiger partial charge in [0.25, 0.3) is 0 Å². The normalized spacial score (nSPS) is 15.2. The van der Waals surface area contributed by atoms with E-state index in [2.05, 4.69) is 5.92 Å². The van der Waals surface area contributed by atoms with Crippen molar-refractivity contribution in [1.29, 1.82) is 0 Å². The van der Waals surface area contributed by atoms with Crippen LogP contribution in [0.4, 0.5) is 0 Å². The summed E-state index contributed by atoms with van der Waals surface area (Å²) in [7, 11) is 0. The average Bonchev–Trinajstić information content (AvgIpc) is 2.10. The van der Waals surface area contributed by atoms with Gasteiger partial charge in [0, 0.05) is 6.42 Å². The Morgan fingerprint density at radius 1 is 1.47 bits per heavy atom. The highest BCUT2D eigenvalue weighted by Crippen LogP contribution is 2.11. The molecule has 0 aromatic rings. The van der Waals surface area contributed by atoms with Crippen LogP contribution in [0.5, 0.6) is 0 Å². The molecule has 15 heavy (non-hydrogen) atoms. The van der Waals surface area contributed by atoms with Crippen LogP contribution in [0.3, 0.4) is 0 Å². The topological polar surface area (TPSA) is 66.8 Å². The summed E-state index contributed by atoms with van der Waals surface area (Å²) in [4.78, 5) is 11.3. The Balaban J connectivity index is 4.15. The number of aliphatic hydroxyl groups excluding tert-OH is 2. The molecule has 0 aromatic carbocycles. The fourth-order valence-corrected chi connectivity index (χ4v) is 0.908. The molecule has 0 bridgehead atoms. The maximum atomic E-state index is 11.3. The predicted octanol–water partition coefficient (Wildman–Crippen LogP) is 0.463. The van der Waals surface area contributed by atoms with Gasteiger partial charge in [0.05, 0.1) is 6.10 Å². The van der Waals surface area contributed by atoms with E-state index >= 15 is 0 Å². The summed E-state index contributed by atoms with van der Waals surface area (Å²) >= 11 is 0. The quantitative estimate of drug-likeness (QED) is 0.527. The Bertz CT molecular complexity index is 246. The zero-order valence-corrected chi connectivity index (χ0v) is 9.36. The van der Waals surface area contributed by atoms with Crippen molar-refractivity contribution in [3.63, 3.8) is 0 Å². The van der Waals surface area contributed by atoms with Crippen LogP contribution in [0, 0.1) is 12.3 Å². The Morgan fingerprint density at radius 2 is 2.00 bits per heavy atom. The first-order valence-electron chi connectivity index (χ1n) is 4.80. The van der Waals surface area contributed by atoms with Crippen molar-refractivity contribution in [3.8, 4) is 12.3 Å². The summed E-state index contributed by atoms with van der Waals surface area (Å²) in [5.74, 6) is 1.49. The first kappa shape index (κ1) is 13.9. The number of rotatable bonds is 4. The zero-order valence-electron chi connectivity index (χ0n) is 9.36. The third-order valence-electron chi connectivity index (χ3n) is 1.60. The van der Waals surface area contributed by atoms with E-state index in [0.29, 0.717) is 6.42 Å². The van der Waals surface area contributed by atoms with Crippen LogP contribution in [-0.2, 0) is 9.53 Å². The first-order chi connectivity index (χ1) is 6.78. The zero-order chi connectivity index (χ0) is 12.1. The Labute approximate surface area is 90.3 Å². The number of esters is 1. The molecule has 0 radical (unpaired) electrons. The summed E-state index contributed by atoms with van der Waals surface area (Å²) in [6, 6.07) is 0. The van der Waals surface area contributed by atoms with Gasteiger partial charge in [-0.1, -0.05) is 0 Å². The third-order valence-corrected chi connectivity index (χ3v) is 1.60. The second-order valence-corrected chi connectivity index (χ2v) is 4.29. The van der Waals surface area contributed by atoms with E-state index in [9.17, 15) is 15.0 Å². The smallest absolute Gasteiger partial charge is 0.338 e. The molecule has 2 atom stereocenters. The number of carbonyl (C=O) groups excluding carboxylic acids is 1. The number of terminal acetylenes is 1. The standard InChI is InChI=1S/C11H18O4/c1-5-6-7-8(12)9(13)10(14)15-11(2,3)4/h1,8-9,12-13H,6-7H2,2-4H3. The van der Waals surface area contributed by atoms with Crippen molar-refractivity contribution >= 4 is 5.97 Å². The highest BCUT2D eigenvalue weighted by atomic mass is 16.6. The highest BCUT2D eigenvalue weighted by Gasteiger charge is 2.28. The van der Waals surface area contributed by atoms with Gasteiger partial charge in [0.1, 0.15) is 5.60 Å². The monoisotopic (exact) mass is 214 g/mol. The van der Waals surface area contributed by atoms with Gasteiger partial charge in [-0.25, -0.2) is 4.79 Å². The molecule has 0 saturated carbocycles. The van der Waals surface area contributed by atoms with Crippen LogP contribution in [0.15, 0.2) is 0 Å². The number of carbonyl (C=O) groups is 1. The van der Waals surface area contributed by atoms with E-state index in [4.69, 9.17) is 11.2 Å². The molecule has 2 unspecified atom stereocenters. The van der Waals surface area contributed by atoms with Crippen LogP contribution in [0.25, 0.3) is 0 Å². The van der Waals surface area contributed by atoms with Gasteiger partial charge in [-0.05, 0) is 27.2 Å². The van der Waals surface area contributed by atoms with Gasteiger partial charge in [0.15, 0.2) is 6.10 Å². The summed E-state index contributed by atoms with van der Waals surface area (Å²) in [6.07, 6.45) is 2.78. The number of hydrogen-bond donors (Lipinski definition) is 2. The van der Waals surface area contributed by atoms with Crippen molar-refractivity contribution in [2.45, 2.75) is 51.4 Å². The molecule has 0 spiro atoms. The lowest BCUT2D eigenvalue weighted by Gasteiger charge is -2.23. The van der Waals surface area contributed by atoms with E-state index in [1.54, 1.807) is 20.8 Å². The summed E-state index contributed by atoms with van der Waals surface area (Å²) in [6.45, 7) is 5.06. The Hall–Kier alpha value is -1.05. The second kappa shape index (κ2) is 5.74. The van der Waals surface area contributed by atoms with Crippen molar-refractivity contribution in [2.75, 3.05) is 0 Å². The minimum atomic E-state index is -1.53. The Morgan fingerprint density at radius 3 is 2.40 bits per heavy atom. The van der Waals surface area contributed by atoms with Crippen molar-refractivity contribution in [2.24, 2.45) is 0 Å². The van der Waals surface area contributed by atoms with Gasteiger partial charge in [-0.2, -0.15) is 0 Å². The van der Waals surface area contributed by atoms with E-state index in [1.165, 1.54) is 0 Å². The van der Waals surface area contributed by atoms with Crippen molar-refractivity contribution in [1.82, 2.24) is 0 Å². The average molecular weight is 214 g/mol. The minimum absolute atomic E-state index is 0.177. The minimum Gasteiger partial charge on any atom is -0.458 e. The molecule has 2 N–H and O–H groups in total. The third kappa shape index (κ3) is 6.10. The number of hydrogen-bond acceptors (Lipinski definition) is 4. The van der Waals surface area contributed by atoms with E-state index < -0.39 is 23.8 Å². The summed E-state index contributed by atoms with van der Waals surface area (Å²) in [5.41, 5.74) is -0.677. The molecule has 0 aliphatic heterocycles. The van der Waals surface area contributed by atoms with Crippen molar-refractivity contribution < 1.29 is 19.7 Å². The lowest BCUT2D eigenvalue weighted by atomic mass is 10.1. The second-order valence-electron chi connectivity index (χ2n) is 4.29. The molecular weight excluding hydrogens is 196 g/mol. The molecule has 0 aliphatic carbocycles. The van der Waals surface area contributed by atoms with Crippen LogP contribution in [-0.4, -0.2) is 34.0 Å². The number of aliphatic hydroxyl groups is 2. The van der Waals surface area contributed by atoms with Gasteiger partial charge in [-0.3, -0.25) is 0 Å². The molecule has 0 fully saturated rings. The number of ether oxygens (including phenoxy) is 1. The van der Waals surface area contributed by atoms with Gasteiger partial charge in [0.2, 0.25) is 0 Å². The van der Waals surface area contributed by atoms with Crippen LogP contribution in [0.1, 0.15) is 33.6 Å². The largest absolute Gasteiger partial charge is 0.458 e. The molecular formula is C11H18O4. The summed E-state index contributed by atoms with van der Waals surface area (Å²) in [5, 5.41) is 18.8. The molecule has 0 heterocycles. The van der Waals surface area contributed by atoms with E-state index in [0.717, 1.165) is 0 Å². The summed E-state index contributed by atoms with van der Waals surface area (Å²) < 4.78 is 4.90. The SMILES string of the molecule is C#CCCC(O)C(O)C(=O)OC(C)(C)C. The Kier molecular flexibility index (Phi) is 5.34. The fourth-order valence-electron chi connectivity index (χ4n) is 0.908.